The highest BCUT2D eigenvalue weighted by Crippen LogP contribution is 2.33. The molecule has 0 saturated carbocycles. The number of carboxylic acids is 1. The Morgan fingerprint density at radius 3 is 2.32 bits per heavy atom. The first-order valence-corrected chi connectivity index (χ1v) is 8.46. The number of amides is 2. The minimum atomic E-state index is -1.02. The number of carbonyl (C=O) groups is 3. The second kappa shape index (κ2) is 7.13. The topological polar surface area (TPSA) is 74.7 Å². The highest BCUT2D eigenvalue weighted by Gasteiger charge is 2.34. The van der Waals surface area contributed by atoms with Crippen molar-refractivity contribution in [3.63, 3.8) is 0 Å². The number of nitrogens with zero attached hydrogens (tertiary/aromatic N) is 1. The van der Waals surface area contributed by atoms with Gasteiger partial charge in [-0.15, -0.1) is 0 Å². The van der Waals surface area contributed by atoms with Crippen LogP contribution >= 0.6 is 23.4 Å². The number of rotatable bonds is 4. The lowest BCUT2D eigenvalue weighted by atomic mass is 10.1. The third-order valence-electron chi connectivity index (χ3n) is 3.58. The Kier molecular flexibility index (Phi) is 4.92. The molecule has 3 rings (SSSR count). The third-order valence-corrected chi connectivity index (χ3v) is 4.74. The molecule has 1 N–H and O–H groups in total. The maximum absolute atomic E-state index is 12.5. The van der Waals surface area contributed by atoms with Crippen molar-refractivity contribution in [1.82, 2.24) is 4.90 Å². The van der Waals surface area contributed by atoms with Crippen LogP contribution in [0.15, 0.2) is 53.4 Å². The van der Waals surface area contributed by atoms with E-state index in [0.717, 1.165) is 17.3 Å². The summed E-state index contributed by atoms with van der Waals surface area (Å²) in [5.41, 5.74) is 1.62. The predicted octanol–water partition coefficient (Wildman–Crippen LogP) is 4.27. The van der Waals surface area contributed by atoms with Crippen LogP contribution in [0.3, 0.4) is 0 Å². The van der Waals surface area contributed by atoms with E-state index >= 15 is 0 Å². The Labute approximate surface area is 152 Å². The Bertz CT molecular complexity index is 875. The number of hydrogen-bond acceptors (Lipinski definition) is 4. The summed E-state index contributed by atoms with van der Waals surface area (Å²) < 4.78 is 0. The first kappa shape index (κ1) is 17.3. The molecule has 0 spiro atoms. The molecule has 5 nitrogen and oxygen atoms in total. The van der Waals surface area contributed by atoms with Gasteiger partial charge in [-0.25, -0.2) is 4.79 Å². The molecule has 0 atom stereocenters. The molecule has 1 aliphatic heterocycles. The molecule has 25 heavy (non-hydrogen) atoms. The summed E-state index contributed by atoms with van der Waals surface area (Å²) in [6.07, 6.45) is 1.58. The van der Waals surface area contributed by atoms with Crippen LogP contribution in [-0.2, 0) is 11.3 Å². The van der Waals surface area contributed by atoms with Crippen molar-refractivity contribution in [3.05, 3.63) is 75.1 Å². The molecule has 0 radical (unpaired) electrons. The molecule has 0 bridgehead atoms. The molecule has 0 aliphatic carbocycles. The highest BCUT2D eigenvalue weighted by atomic mass is 35.5. The van der Waals surface area contributed by atoms with Crippen molar-refractivity contribution < 1.29 is 19.5 Å². The smallest absolute Gasteiger partial charge is 0.335 e. The van der Waals surface area contributed by atoms with Crippen LogP contribution in [0.25, 0.3) is 6.08 Å². The van der Waals surface area contributed by atoms with Crippen molar-refractivity contribution in [2.75, 3.05) is 0 Å². The first-order valence-electron chi connectivity index (χ1n) is 7.27. The molecular formula is C18H12ClNO4S. The number of imide groups is 1. The van der Waals surface area contributed by atoms with Gasteiger partial charge in [0.25, 0.3) is 11.1 Å². The molecule has 0 unspecified atom stereocenters. The lowest BCUT2D eigenvalue weighted by Gasteiger charge is -2.12. The summed E-state index contributed by atoms with van der Waals surface area (Å²) in [5, 5.41) is 9.14. The minimum absolute atomic E-state index is 0.160. The highest BCUT2D eigenvalue weighted by molar-refractivity contribution is 8.18. The van der Waals surface area contributed by atoms with Crippen molar-refractivity contribution >= 4 is 46.6 Å². The zero-order chi connectivity index (χ0) is 18.0. The van der Waals surface area contributed by atoms with Gasteiger partial charge < -0.3 is 5.11 Å². The van der Waals surface area contributed by atoms with Gasteiger partial charge >= 0.3 is 5.97 Å². The molecule has 0 aromatic heterocycles. The van der Waals surface area contributed by atoms with Crippen molar-refractivity contribution in [2.24, 2.45) is 0 Å². The van der Waals surface area contributed by atoms with Gasteiger partial charge in [-0.3, -0.25) is 14.5 Å². The monoisotopic (exact) mass is 373 g/mol. The zero-order valence-electron chi connectivity index (χ0n) is 12.8. The lowest BCUT2D eigenvalue weighted by Crippen LogP contribution is -2.27. The summed E-state index contributed by atoms with van der Waals surface area (Å²) in [5.74, 6) is -1.39. The van der Waals surface area contributed by atoms with Gasteiger partial charge in [-0.1, -0.05) is 35.9 Å². The summed E-state index contributed by atoms with van der Waals surface area (Å²) >= 11 is 6.70. The van der Waals surface area contributed by atoms with E-state index in [-0.39, 0.29) is 23.3 Å². The molecule has 1 saturated heterocycles. The van der Waals surface area contributed by atoms with Crippen LogP contribution in [0.1, 0.15) is 21.5 Å². The largest absolute Gasteiger partial charge is 0.478 e. The number of thioether (sulfide) groups is 1. The van der Waals surface area contributed by atoms with E-state index in [1.807, 2.05) is 0 Å². The Morgan fingerprint density at radius 2 is 1.72 bits per heavy atom. The van der Waals surface area contributed by atoms with E-state index < -0.39 is 5.97 Å². The van der Waals surface area contributed by atoms with Crippen molar-refractivity contribution in [3.8, 4) is 0 Å². The summed E-state index contributed by atoms with van der Waals surface area (Å²) in [7, 11) is 0. The number of carboxylic acid groups (broad SMARTS) is 1. The second-order valence-corrected chi connectivity index (χ2v) is 6.75. The number of benzene rings is 2. The molecular weight excluding hydrogens is 362 g/mol. The average molecular weight is 374 g/mol. The van der Waals surface area contributed by atoms with E-state index in [1.165, 1.54) is 17.0 Å². The first-order chi connectivity index (χ1) is 11.9. The van der Waals surface area contributed by atoms with Crippen LogP contribution in [0.5, 0.6) is 0 Å². The molecule has 2 aromatic carbocycles. The van der Waals surface area contributed by atoms with E-state index in [0.29, 0.717) is 15.5 Å². The maximum Gasteiger partial charge on any atom is 0.335 e. The standard InChI is InChI=1S/C18H12ClNO4S/c19-14-7-3-12(4-8-14)10-20-16(21)15(25-18(20)24)9-11-1-5-13(6-2-11)17(22)23/h1-9H,10H2,(H,22,23)/b15-9-. The van der Waals surface area contributed by atoms with Crippen LogP contribution < -0.4 is 0 Å². The van der Waals surface area contributed by atoms with Crippen LogP contribution in [0, 0.1) is 0 Å². The van der Waals surface area contributed by atoms with Crippen LogP contribution in [-0.4, -0.2) is 27.1 Å². The van der Waals surface area contributed by atoms with Gasteiger partial charge in [0.2, 0.25) is 0 Å². The number of hydrogen-bond donors (Lipinski definition) is 1. The quantitative estimate of drug-likeness (QED) is 0.810. The summed E-state index contributed by atoms with van der Waals surface area (Å²) in [6, 6.07) is 13.0. The fraction of sp³-hybridized carbons (Fsp3) is 0.0556. The zero-order valence-corrected chi connectivity index (χ0v) is 14.4. The molecule has 7 heteroatoms. The Morgan fingerprint density at radius 1 is 1.08 bits per heavy atom. The van der Waals surface area contributed by atoms with Gasteiger partial charge in [0.05, 0.1) is 17.0 Å². The lowest BCUT2D eigenvalue weighted by molar-refractivity contribution is -0.123. The molecule has 2 aromatic rings. The molecule has 2 amide bonds. The van der Waals surface area contributed by atoms with Crippen molar-refractivity contribution in [2.45, 2.75) is 6.54 Å². The Balaban J connectivity index is 1.78. The molecule has 126 valence electrons. The SMILES string of the molecule is O=C(O)c1ccc(/C=C2\SC(=O)N(Cc3ccc(Cl)cc3)C2=O)cc1. The summed E-state index contributed by atoms with van der Waals surface area (Å²) in [4.78, 5) is 36.9. The number of aromatic carboxylic acids is 1. The number of halogens is 1. The van der Waals surface area contributed by atoms with Gasteiger partial charge in [0, 0.05) is 5.02 Å². The fourth-order valence-corrected chi connectivity index (χ4v) is 3.25. The van der Waals surface area contributed by atoms with Gasteiger partial charge in [-0.2, -0.15) is 0 Å². The van der Waals surface area contributed by atoms with Crippen molar-refractivity contribution in [1.29, 1.82) is 0 Å². The van der Waals surface area contributed by atoms with E-state index in [1.54, 1.807) is 42.5 Å². The second-order valence-electron chi connectivity index (χ2n) is 5.32. The van der Waals surface area contributed by atoms with Gasteiger partial charge in [0.15, 0.2) is 0 Å². The predicted molar refractivity (Wildman–Crippen MR) is 96.4 cm³/mol. The molecule has 1 fully saturated rings. The van der Waals surface area contributed by atoms with Gasteiger partial charge in [0.1, 0.15) is 0 Å². The Hall–Kier alpha value is -2.57. The summed E-state index contributed by atoms with van der Waals surface area (Å²) in [6.45, 7) is 0.178. The van der Waals surface area contributed by atoms with E-state index in [4.69, 9.17) is 16.7 Å². The molecule has 1 heterocycles. The van der Waals surface area contributed by atoms with Gasteiger partial charge in [-0.05, 0) is 53.2 Å². The normalized spacial score (nSPS) is 15.9. The molecule has 1 aliphatic rings. The van der Waals surface area contributed by atoms with Crippen LogP contribution in [0.2, 0.25) is 5.02 Å². The fourth-order valence-electron chi connectivity index (χ4n) is 2.28. The number of carbonyl (C=O) groups excluding carboxylic acids is 2. The van der Waals surface area contributed by atoms with Crippen LogP contribution in [0.4, 0.5) is 4.79 Å². The minimum Gasteiger partial charge on any atom is -0.478 e. The van der Waals surface area contributed by atoms with E-state index in [2.05, 4.69) is 0 Å². The third kappa shape index (κ3) is 3.92. The van der Waals surface area contributed by atoms with E-state index in [9.17, 15) is 14.4 Å². The average Bonchev–Trinajstić information content (AvgIpc) is 2.85. The maximum atomic E-state index is 12.5.